The Labute approximate surface area is 102 Å². The van der Waals surface area contributed by atoms with Gasteiger partial charge in [-0.2, -0.15) is 0 Å². The summed E-state index contributed by atoms with van der Waals surface area (Å²) >= 11 is 0. The molecule has 0 atom stereocenters. The molecule has 0 bridgehead atoms. The molecule has 0 N–H and O–H groups in total. The molecule has 7 heteroatoms. The summed E-state index contributed by atoms with van der Waals surface area (Å²) in [5.74, 6) is -0.0482. The van der Waals surface area contributed by atoms with Crippen molar-refractivity contribution in [2.45, 2.75) is 6.92 Å². The third kappa shape index (κ3) is 1.90. The second kappa shape index (κ2) is 4.44. The van der Waals surface area contributed by atoms with Crippen molar-refractivity contribution in [3.8, 4) is 5.88 Å². The number of aromatic nitrogens is 2. The van der Waals surface area contributed by atoms with Crippen LogP contribution in [-0.2, 0) is 7.05 Å². The molecule has 0 aliphatic carbocycles. The van der Waals surface area contributed by atoms with E-state index in [-0.39, 0.29) is 17.1 Å². The minimum absolute atomic E-state index is 0.0482. The molecular formula is C11H11N3O4. The van der Waals surface area contributed by atoms with Crippen molar-refractivity contribution in [3.05, 3.63) is 38.7 Å². The Morgan fingerprint density at radius 1 is 1.50 bits per heavy atom. The molecule has 7 nitrogen and oxygen atoms in total. The summed E-state index contributed by atoms with van der Waals surface area (Å²) in [5, 5.41) is 10.7. The maximum Gasteiger partial charge on any atom is 0.313 e. The van der Waals surface area contributed by atoms with Crippen LogP contribution in [0.5, 0.6) is 5.88 Å². The number of nitro benzene ring substituents is 1. The van der Waals surface area contributed by atoms with E-state index < -0.39 is 4.92 Å². The number of nitro groups is 1. The minimum Gasteiger partial charge on any atom is -0.474 e. The molecule has 1 aromatic heterocycles. The number of fused-ring (bicyclic) bond motifs is 1. The summed E-state index contributed by atoms with van der Waals surface area (Å²) in [4.78, 5) is 26.0. The van der Waals surface area contributed by atoms with E-state index >= 15 is 0 Å². The second-order valence-electron chi connectivity index (χ2n) is 3.64. The van der Waals surface area contributed by atoms with Gasteiger partial charge in [0.1, 0.15) is 0 Å². The Morgan fingerprint density at radius 2 is 2.22 bits per heavy atom. The first-order chi connectivity index (χ1) is 8.54. The van der Waals surface area contributed by atoms with Gasteiger partial charge in [-0.1, -0.05) is 0 Å². The third-order valence-electron chi connectivity index (χ3n) is 2.52. The summed E-state index contributed by atoms with van der Waals surface area (Å²) in [6.07, 6.45) is 0. The molecule has 0 aliphatic rings. The van der Waals surface area contributed by atoms with Gasteiger partial charge in [-0.05, 0) is 13.0 Å². The van der Waals surface area contributed by atoms with Gasteiger partial charge in [0.15, 0.2) is 0 Å². The van der Waals surface area contributed by atoms with Crippen molar-refractivity contribution in [1.82, 2.24) is 9.55 Å². The van der Waals surface area contributed by atoms with Crippen molar-refractivity contribution in [1.29, 1.82) is 0 Å². The van der Waals surface area contributed by atoms with E-state index in [1.54, 1.807) is 14.0 Å². The first kappa shape index (κ1) is 12.0. The molecule has 0 radical (unpaired) electrons. The molecule has 0 spiro atoms. The fourth-order valence-electron chi connectivity index (χ4n) is 1.64. The molecule has 1 aromatic carbocycles. The maximum atomic E-state index is 11.8. The van der Waals surface area contributed by atoms with Gasteiger partial charge in [-0.3, -0.25) is 14.9 Å². The number of rotatable bonds is 3. The SMILES string of the molecule is CCOc1nc2cc([N+](=O)[O-])ccc2n(C)c1=O. The van der Waals surface area contributed by atoms with Crippen molar-refractivity contribution in [2.75, 3.05) is 6.61 Å². The molecule has 94 valence electrons. The van der Waals surface area contributed by atoms with E-state index in [2.05, 4.69) is 4.98 Å². The van der Waals surface area contributed by atoms with E-state index in [0.29, 0.717) is 17.6 Å². The molecule has 0 amide bonds. The van der Waals surface area contributed by atoms with Crippen molar-refractivity contribution in [2.24, 2.45) is 7.05 Å². The zero-order chi connectivity index (χ0) is 13.3. The molecule has 2 rings (SSSR count). The summed E-state index contributed by atoms with van der Waals surface area (Å²) < 4.78 is 6.47. The van der Waals surface area contributed by atoms with Gasteiger partial charge < -0.3 is 9.30 Å². The zero-order valence-electron chi connectivity index (χ0n) is 9.91. The van der Waals surface area contributed by atoms with Crippen LogP contribution in [0, 0.1) is 10.1 Å². The lowest BCUT2D eigenvalue weighted by molar-refractivity contribution is -0.384. The highest BCUT2D eigenvalue weighted by atomic mass is 16.6. The number of hydrogen-bond acceptors (Lipinski definition) is 5. The van der Waals surface area contributed by atoms with Crippen molar-refractivity contribution in [3.63, 3.8) is 0 Å². The van der Waals surface area contributed by atoms with Crippen LogP contribution in [0.3, 0.4) is 0 Å². The Balaban J connectivity index is 2.74. The van der Waals surface area contributed by atoms with Gasteiger partial charge >= 0.3 is 5.56 Å². The van der Waals surface area contributed by atoms with Crippen LogP contribution in [0.4, 0.5) is 5.69 Å². The molecular weight excluding hydrogens is 238 g/mol. The topological polar surface area (TPSA) is 87.3 Å². The number of aryl methyl sites for hydroxylation is 1. The van der Waals surface area contributed by atoms with Crippen molar-refractivity contribution >= 4 is 16.7 Å². The van der Waals surface area contributed by atoms with Gasteiger partial charge in [0.2, 0.25) is 0 Å². The molecule has 18 heavy (non-hydrogen) atoms. The van der Waals surface area contributed by atoms with E-state index in [9.17, 15) is 14.9 Å². The Bertz CT molecular complexity index is 678. The normalized spacial score (nSPS) is 10.6. The predicted molar refractivity (Wildman–Crippen MR) is 64.8 cm³/mol. The highest BCUT2D eigenvalue weighted by Gasteiger charge is 2.13. The smallest absolute Gasteiger partial charge is 0.313 e. The van der Waals surface area contributed by atoms with Crippen LogP contribution >= 0.6 is 0 Å². The average Bonchev–Trinajstić information content (AvgIpc) is 2.35. The fourth-order valence-corrected chi connectivity index (χ4v) is 1.64. The first-order valence-electron chi connectivity index (χ1n) is 5.32. The summed E-state index contributed by atoms with van der Waals surface area (Å²) in [6.45, 7) is 2.04. The van der Waals surface area contributed by atoms with E-state index in [1.807, 2.05) is 0 Å². The molecule has 0 fully saturated rings. The Hall–Kier alpha value is -2.44. The first-order valence-corrected chi connectivity index (χ1v) is 5.32. The third-order valence-corrected chi connectivity index (χ3v) is 2.52. The lowest BCUT2D eigenvalue weighted by Gasteiger charge is -2.07. The molecule has 0 saturated heterocycles. The number of nitrogens with zero attached hydrogens (tertiary/aromatic N) is 3. The lowest BCUT2D eigenvalue weighted by Crippen LogP contribution is -2.21. The highest BCUT2D eigenvalue weighted by molar-refractivity contribution is 5.77. The van der Waals surface area contributed by atoms with Crippen LogP contribution in [0.1, 0.15) is 6.92 Å². The summed E-state index contributed by atoms with van der Waals surface area (Å²) in [6, 6.07) is 4.15. The monoisotopic (exact) mass is 249 g/mol. The van der Waals surface area contributed by atoms with Crippen LogP contribution in [0.2, 0.25) is 0 Å². The van der Waals surface area contributed by atoms with Gasteiger partial charge in [-0.15, -0.1) is 0 Å². The number of benzene rings is 1. The lowest BCUT2D eigenvalue weighted by atomic mass is 10.2. The van der Waals surface area contributed by atoms with Gasteiger partial charge in [0.05, 0.1) is 22.6 Å². The highest BCUT2D eigenvalue weighted by Crippen LogP contribution is 2.19. The van der Waals surface area contributed by atoms with Gasteiger partial charge in [-0.25, -0.2) is 4.98 Å². The van der Waals surface area contributed by atoms with E-state index in [0.717, 1.165) is 0 Å². The maximum absolute atomic E-state index is 11.8. The van der Waals surface area contributed by atoms with E-state index in [1.165, 1.54) is 22.8 Å². The van der Waals surface area contributed by atoms with Crippen LogP contribution < -0.4 is 10.3 Å². The van der Waals surface area contributed by atoms with Gasteiger partial charge in [0.25, 0.3) is 11.6 Å². The number of non-ortho nitro benzene ring substituents is 1. The fraction of sp³-hybridized carbons (Fsp3) is 0.273. The van der Waals surface area contributed by atoms with Crippen LogP contribution in [0.15, 0.2) is 23.0 Å². The van der Waals surface area contributed by atoms with Crippen molar-refractivity contribution < 1.29 is 9.66 Å². The molecule has 0 saturated carbocycles. The van der Waals surface area contributed by atoms with Crippen LogP contribution in [0.25, 0.3) is 11.0 Å². The Kier molecular flexibility index (Phi) is 2.97. The molecule has 0 unspecified atom stereocenters. The molecule has 1 heterocycles. The Morgan fingerprint density at radius 3 is 2.83 bits per heavy atom. The van der Waals surface area contributed by atoms with Crippen LogP contribution in [-0.4, -0.2) is 21.1 Å². The number of hydrogen-bond donors (Lipinski definition) is 0. The standard InChI is InChI=1S/C11H11N3O4/c1-3-18-10-11(15)13(2)9-5-4-7(14(16)17)6-8(9)12-10/h4-6H,3H2,1-2H3. The molecule has 2 aromatic rings. The minimum atomic E-state index is -0.507. The predicted octanol–water partition coefficient (Wildman–Crippen LogP) is 1.24. The van der Waals surface area contributed by atoms with Gasteiger partial charge in [0, 0.05) is 19.2 Å². The zero-order valence-corrected chi connectivity index (χ0v) is 9.91. The molecule has 0 aliphatic heterocycles. The summed E-state index contributed by atoms with van der Waals surface area (Å²) in [5.41, 5.74) is 0.443. The van der Waals surface area contributed by atoms with E-state index in [4.69, 9.17) is 4.74 Å². The summed E-state index contributed by atoms with van der Waals surface area (Å²) in [7, 11) is 1.57. The average molecular weight is 249 g/mol. The number of ether oxygens (including phenoxy) is 1. The second-order valence-corrected chi connectivity index (χ2v) is 3.64. The quantitative estimate of drug-likeness (QED) is 0.603. The largest absolute Gasteiger partial charge is 0.474 e.